The van der Waals surface area contributed by atoms with Gasteiger partial charge in [0, 0.05) is 45.9 Å². The molecule has 0 aliphatic carbocycles. The Hall–Kier alpha value is -2.53. The van der Waals surface area contributed by atoms with Gasteiger partial charge >= 0.3 is 0 Å². The van der Waals surface area contributed by atoms with E-state index in [1.165, 1.54) is 12.4 Å². The minimum Gasteiger partial charge on any atom is -0.496 e. The van der Waals surface area contributed by atoms with Gasteiger partial charge in [0.25, 0.3) is 0 Å². The number of nitrogens with zero attached hydrogens (tertiary/aromatic N) is 3. The van der Waals surface area contributed by atoms with E-state index >= 15 is 0 Å². The number of carbonyl (C=O) groups is 1. The highest BCUT2D eigenvalue weighted by atomic mass is 35.5. The summed E-state index contributed by atoms with van der Waals surface area (Å²) < 4.78 is 20.0. The Morgan fingerprint density at radius 1 is 1.33 bits per heavy atom. The summed E-state index contributed by atoms with van der Waals surface area (Å²) in [6.07, 6.45) is 4.13. The molecule has 7 nitrogen and oxygen atoms in total. The van der Waals surface area contributed by atoms with Gasteiger partial charge in [-0.25, -0.2) is 14.4 Å². The first kappa shape index (κ1) is 25.1. The molecule has 4 rings (SSSR count). The molecule has 1 amide bonds. The fourth-order valence-electron chi connectivity index (χ4n) is 3.99. The smallest absolute Gasteiger partial charge is 0.234 e. The monoisotopic (exact) mass is 507 g/mol. The van der Waals surface area contributed by atoms with E-state index in [0.29, 0.717) is 29.0 Å². The van der Waals surface area contributed by atoms with E-state index < -0.39 is 5.82 Å². The molecule has 1 aliphatic rings. The van der Waals surface area contributed by atoms with Crippen LogP contribution in [0.25, 0.3) is 10.9 Å². The van der Waals surface area contributed by atoms with Gasteiger partial charge in [-0.15, -0.1) is 0 Å². The number of hydrogen-bond acceptors (Lipinski definition) is 8. The second-order valence-electron chi connectivity index (χ2n) is 7.51. The number of carbonyl (C=O) groups excluding carboxylic acids is 1. The SMILES string of the molecule is COc1cc2ncnc(Nc3cccc(Cl)c3F)c2cc1CN1CCCC[C@H]1C(N)=O.S=S. The van der Waals surface area contributed by atoms with Crippen LogP contribution in [0.5, 0.6) is 5.75 Å². The van der Waals surface area contributed by atoms with E-state index in [2.05, 4.69) is 42.6 Å². The summed E-state index contributed by atoms with van der Waals surface area (Å²) in [5.41, 5.74) is 7.35. The number of methoxy groups -OCH3 is 1. The highest BCUT2D eigenvalue weighted by Crippen LogP contribution is 2.33. The highest BCUT2D eigenvalue weighted by molar-refractivity contribution is 8.07. The van der Waals surface area contributed by atoms with Crippen molar-refractivity contribution in [1.82, 2.24) is 14.9 Å². The molecule has 2 heterocycles. The molecule has 1 atom stereocenters. The standard InChI is InChI=1S/C22H23ClFN5O2.S2/c1-31-19-10-17-14(9-13(19)11-29-8-3-2-7-18(29)21(25)30)22(27-12-26-17)28-16-6-4-5-15(23)20(16)24;1-2/h4-6,9-10,12,18H,2-3,7-8,11H2,1H3,(H2,25,30)(H,26,27,28);/t18-;/m0./s1. The van der Waals surface area contributed by atoms with Crippen LogP contribution >= 0.6 is 11.6 Å². The number of likely N-dealkylation sites (tertiary alicyclic amines) is 1. The molecule has 174 valence electrons. The minimum absolute atomic E-state index is 0.0216. The lowest BCUT2D eigenvalue weighted by molar-refractivity contribution is -0.124. The molecule has 33 heavy (non-hydrogen) atoms. The van der Waals surface area contributed by atoms with E-state index in [1.54, 1.807) is 19.2 Å². The summed E-state index contributed by atoms with van der Waals surface area (Å²) in [6.45, 7) is 1.27. The van der Waals surface area contributed by atoms with E-state index in [-0.39, 0.29) is 22.7 Å². The molecule has 0 spiro atoms. The predicted octanol–water partition coefficient (Wildman–Crippen LogP) is 4.01. The van der Waals surface area contributed by atoms with Gasteiger partial charge in [0.2, 0.25) is 5.91 Å². The summed E-state index contributed by atoms with van der Waals surface area (Å²) in [5, 5.41) is 3.73. The Kier molecular flexibility index (Phi) is 8.79. The number of nitrogens with one attached hydrogen (secondary N) is 1. The van der Waals surface area contributed by atoms with Gasteiger partial charge in [-0.05, 0) is 37.6 Å². The third-order valence-corrected chi connectivity index (χ3v) is 5.85. The van der Waals surface area contributed by atoms with Gasteiger partial charge in [0.1, 0.15) is 17.9 Å². The molecule has 11 heteroatoms. The lowest BCUT2D eigenvalue weighted by atomic mass is 10.00. The van der Waals surface area contributed by atoms with Crippen molar-refractivity contribution in [2.75, 3.05) is 19.0 Å². The van der Waals surface area contributed by atoms with Crippen LogP contribution in [0.15, 0.2) is 36.7 Å². The normalized spacial score (nSPS) is 16.0. The molecule has 0 radical (unpaired) electrons. The Morgan fingerprint density at radius 3 is 2.85 bits per heavy atom. The van der Waals surface area contributed by atoms with Crippen molar-refractivity contribution in [2.24, 2.45) is 5.73 Å². The molecule has 3 N–H and O–H groups in total. The molecular weight excluding hydrogens is 485 g/mol. The highest BCUT2D eigenvalue weighted by Gasteiger charge is 2.27. The fourth-order valence-corrected chi connectivity index (χ4v) is 4.17. The number of fused-ring (bicyclic) bond motifs is 1. The van der Waals surface area contributed by atoms with Crippen molar-refractivity contribution in [3.8, 4) is 5.75 Å². The number of hydrogen-bond donors (Lipinski definition) is 2. The van der Waals surface area contributed by atoms with E-state index in [0.717, 1.165) is 31.4 Å². The van der Waals surface area contributed by atoms with Crippen molar-refractivity contribution >= 4 is 62.3 Å². The van der Waals surface area contributed by atoms with Crippen molar-refractivity contribution in [2.45, 2.75) is 31.8 Å². The number of amides is 1. The topological polar surface area (TPSA) is 93.4 Å². The van der Waals surface area contributed by atoms with Crippen LogP contribution in [-0.2, 0) is 33.7 Å². The Morgan fingerprint density at radius 2 is 2.12 bits per heavy atom. The van der Waals surface area contributed by atoms with Crippen LogP contribution in [-0.4, -0.2) is 40.5 Å². The predicted molar refractivity (Wildman–Crippen MR) is 133 cm³/mol. The average molecular weight is 508 g/mol. The molecule has 0 unspecified atom stereocenters. The number of piperidine rings is 1. The maximum absolute atomic E-state index is 14.4. The average Bonchev–Trinajstić information content (AvgIpc) is 2.83. The number of ether oxygens (including phenoxy) is 1. The van der Waals surface area contributed by atoms with Gasteiger partial charge < -0.3 is 15.8 Å². The van der Waals surface area contributed by atoms with Gasteiger partial charge in [-0.1, -0.05) is 24.1 Å². The molecule has 0 saturated carbocycles. The Labute approximate surface area is 206 Å². The van der Waals surface area contributed by atoms with Crippen LogP contribution in [0.1, 0.15) is 24.8 Å². The van der Waals surface area contributed by atoms with E-state index in [9.17, 15) is 9.18 Å². The zero-order valence-electron chi connectivity index (χ0n) is 17.9. The largest absolute Gasteiger partial charge is 0.496 e. The van der Waals surface area contributed by atoms with Gasteiger partial charge in [-0.2, -0.15) is 0 Å². The molecule has 1 aromatic heterocycles. The minimum atomic E-state index is -0.553. The fraction of sp³-hybridized carbons (Fsp3) is 0.318. The quantitative estimate of drug-likeness (QED) is 0.517. The summed E-state index contributed by atoms with van der Waals surface area (Å²) in [5.74, 6) is 0.226. The number of nitrogens with two attached hydrogens (primary N) is 1. The molecule has 1 aliphatic heterocycles. The zero-order chi connectivity index (χ0) is 24.0. The molecular formula is C22H23ClFN5O2S2. The second-order valence-corrected chi connectivity index (χ2v) is 7.92. The molecule has 1 fully saturated rings. The molecule has 0 bridgehead atoms. The Balaban J connectivity index is 0.00000149. The molecule has 2 aromatic carbocycles. The zero-order valence-corrected chi connectivity index (χ0v) is 20.3. The van der Waals surface area contributed by atoms with E-state index in [4.69, 9.17) is 22.1 Å². The first-order chi connectivity index (χ1) is 16.0. The second kappa shape index (κ2) is 11.6. The van der Waals surface area contributed by atoms with Gasteiger partial charge in [0.15, 0.2) is 5.82 Å². The number of halogens is 2. The summed E-state index contributed by atoms with van der Waals surface area (Å²) >= 11 is 13.2. The number of aromatic nitrogens is 2. The van der Waals surface area contributed by atoms with Crippen LogP contribution in [0.4, 0.5) is 15.9 Å². The summed E-state index contributed by atoms with van der Waals surface area (Å²) in [7, 11) is 1.59. The maximum atomic E-state index is 14.4. The summed E-state index contributed by atoms with van der Waals surface area (Å²) in [4.78, 5) is 22.6. The van der Waals surface area contributed by atoms with Crippen molar-refractivity contribution in [1.29, 1.82) is 0 Å². The van der Waals surface area contributed by atoms with Crippen molar-refractivity contribution in [3.63, 3.8) is 0 Å². The molecule has 1 saturated heterocycles. The van der Waals surface area contributed by atoms with Gasteiger partial charge in [0.05, 0.1) is 29.4 Å². The van der Waals surface area contributed by atoms with E-state index in [1.807, 2.05) is 12.1 Å². The summed E-state index contributed by atoms with van der Waals surface area (Å²) in [6, 6.07) is 8.15. The number of anilines is 2. The maximum Gasteiger partial charge on any atom is 0.234 e. The number of rotatable bonds is 6. The van der Waals surface area contributed by atoms with Crippen LogP contribution in [0.2, 0.25) is 5.02 Å². The first-order valence-corrected chi connectivity index (χ1v) is 11.9. The van der Waals surface area contributed by atoms with Gasteiger partial charge in [-0.3, -0.25) is 9.69 Å². The third-order valence-electron chi connectivity index (χ3n) is 5.56. The van der Waals surface area contributed by atoms with Crippen LogP contribution in [0, 0.1) is 5.82 Å². The number of primary amides is 1. The van der Waals surface area contributed by atoms with Crippen LogP contribution < -0.4 is 15.8 Å². The third kappa shape index (κ3) is 5.70. The van der Waals surface area contributed by atoms with Crippen molar-refractivity contribution < 1.29 is 13.9 Å². The lowest BCUT2D eigenvalue weighted by Gasteiger charge is -2.34. The van der Waals surface area contributed by atoms with Crippen molar-refractivity contribution in [3.05, 3.63) is 53.1 Å². The van der Waals surface area contributed by atoms with Crippen LogP contribution in [0.3, 0.4) is 0 Å². The number of benzene rings is 2. The first-order valence-electron chi connectivity index (χ1n) is 10.2. The lowest BCUT2D eigenvalue weighted by Crippen LogP contribution is -2.47. The Bertz CT molecular complexity index is 1150. The molecule has 3 aromatic rings.